The van der Waals surface area contributed by atoms with E-state index in [0.717, 1.165) is 30.1 Å². The third-order valence-corrected chi connectivity index (χ3v) is 3.61. The molecule has 5 nitrogen and oxygen atoms in total. The molecule has 1 aliphatic rings. The predicted octanol–water partition coefficient (Wildman–Crippen LogP) is 1.21. The van der Waals surface area contributed by atoms with Gasteiger partial charge < -0.3 is 14.7 Å². The molecule has 1 saturated heterocycles. The lowest BCUT2D eigenvalue weighted by Gasteiger charge is -2.39. The Morgan fingerprint density at radius 2 is 2.16 bits per heavy atom. The van der Waals surface area contributed by atoms with Gasteiger partial charge in [0.15, 0.2) is 0 Å². The first-order valence-corrected chi connectivity index (χ1v) is 6.35. The number of anilines is 1. The standard InChI is InChI=1S/C14H20N2O3/c1-10-4-5-13(19-3)11(8-10)16-7-6-15(2)12(9-16)14(17)18/h4-5,8,12H,6-7,9H2,1-3H3,(H,17,18). The van der Waals surface area contributed by atoms with Crippen LogP contribution in [0.25, 0.3) is 0 Å². The Kier molecular flexibility index (Phi) is 3.95. The van der Waals surface area contributed by atoms with Gasteiger partial charge in [-0.25, -0.2) is 0 Å². The Morgan fingerprint density at radius 3 is 2.79 bits per heavy atom. The van der Waals surface area contributed by atoms with Crippen LogP contribution in [0.15, 0.2) is 18.2 Å². The van der Waals surface area contributed by atoms with Crippen LogP contribution in [-0.4, -0.2) is 55.8 Å². The minimum absolute atomic E-state index is 0.473. The number of hydrogen-bond donors (Lipinski definition) is 1. The number of methoxy groups -OCH3 is 1. The van der Waals surface area contributed by atoms with Crippen molar-refractivity contribution in [1.82, 2.24) is 4.90 Å². The highest BCUT2D eigenvalue weighted by Crippen LogP contribution is 2.30. The third-order valence-electron chi connectivity index (χ3n) is 3.61. The van der Waals surface area contributed by atoms with Gasteiger partial charge in [0, 0.05) is 19.6 Å². The van der Waals surface area contributed by atoms with Crippen LogP contribution in [0, 0.1) is 6.92 Å². The van der Waals surface area contributed by atoms with Gasteiger partial charge in [0.2, 0.25) is 0 Å². The molecule has 1 heterocycles. The molecule has 1 unspecified atom stereocenters. The minimum atomic E-state index is -0.779. The number of benzene rings is 1. The lowest BCUT2D eigenvalue weighted by molar-refractivity contribution is -0.142. The number of nitrogens with zero attached hydrogens (tertiary/aromatic N) is 2. The Bertz CT molecular complexity index is 476. The van der Waals surface area contributed by atoms with E-state index in [1.807, 2.05) is 37.1 Å². The van der Waals surface area contributed by atoms with Gasteiger partial charge in [-0.2, -0.15) is 0 Å². The van der Waals surface area contributed by atoms with E-state index in [0.29, 0.717) is 6.54 Å². The van der Waals surface area contributed by atoms with Gasteiger partial charge in [0.1, 0.15) is 11.8 Å². The molecule has 0 aromatic heterocycles. The zero-order valence-corrected chi connectivity index (χ0v) is 11.6. The largest absolute Gasteiger partial charge is 0.495 e. The summed E-state index contributed by atoms with van der Waals surface area (Å²) >= 11 is 0. The van der Waals surface area contributed by atoms with Crippen LogP contribution in [0.1, 0.15) is 5.56 Å². The quantitative estimate of drug-likeness (QED) is 0.889. The van der Waals surface area contributed by atoms with E-state index in [9.17, 15) is 9.90 Å². The molecule has 19 heavy (non-hydrogen) atoms. The maximum atomic E-state index is 11.3. The van der Waals surface area contributed by atoms with E-state index < -0.39 is 12.0 Å². The van der Waals surface area contributed by atoms with Crippen molar-refractivity contribution in [1.29, 1.82) is 0 Å². The van der Waals surface area contributed by atoms with Gasteiger partial charge in [-0.1, -0.05) is 6.07 Å². The minimum Gasteiger partial charge on any atom is -0.495 e. The zero-order valence-electron chi connectivity index (χ0n) is 11.6. The highest BCUT2D eigenvalue weighted by molar-refractivity contribution is 5.75. The first-order valence-electron chi connectivity index (χ1n) is 6.35. The summed E-state index contributed by atoms with van der Waals surface area (Å²) in [4.78, 5) is 15.2. The Morgan fingerprint density at radius 1 is 1.42 bits per heavy atom. The summed E-state index contributed by atoms with van der Waals surface area (Å²) in [5.74, 6) is 0.0121. The average molecular weight is 264 g/mol. The maximum absolute atomic E-state index is 11.3. The molecule has 1 aliphatic heterocycles. The van der Waals surface area contributed by atoms with Gasteiger partial charge in [0.05, 0.1) is 12.8 Å². The highest BCUT2D eigenvalue weighted by Gasteiger charge is 2.30. The van der Waals surface area contributed by atoms with E-state index in [1.165, 1.54) is 0 Å². The predicted molar refractivity (Wildman–Crippen MR) is 74.0 cm³/mol. The molecule has 1 atom stereocenters. The second-order valence-electron chi connectivity index (χ2n) is 4.96. The summed E-state index contributed by atoms with van der Waals surface area (Å²) in [5.41, 5.74) is 2.11. The molecular weight excluding hydrogens is 244 g/mol. The molecule has 1 N–H and O–H groups in total. The van der Waals surface area contributed by atoms with Crippen molar-refractivity contribution in [2.75, 3.05) is 38.7 Å². The number of carbonyl (C=O) groups is 1. The topological polar surface area (TPSA) is 53.0 Å². The van der Waals surface area contributed by atoms with Crippen LogP contribution in [0.2, 0.25) is 0 Å². The van der Waals surface area contributed by atoms with Crippen LogP contribution < -0.4 is 9.64 Å². The number of ether oxygens (including phenoxy) is 1. The van der Waals surface area contributed by atoms with Crippen molar-refractivity contribution in [2.24, 2.45) is 0 Å². The summed E-state index contributed by atoms with van der Waals surface area (Å²) in [7, 11) is 3.49. The van der Waals surface area contributed by atoms with Crippen LogP contribution in [0.5, 0.6) is 5.75 Å². The van der Waals surface area contributed by atoms with Crippen molar-refractivity contribution in [3.63, 3.8) is 0 Å². The van der Waals surface area contributed by atoms with Gasteiger partial charge in [0.25, 0.3) is 0 Å². The number of hydrogen-bond acceptors (Lipinski definition) is 4. The monoisotopic (exact) mass is 264 g/mol. The van der Waals surface area contributed by atoms with E-state index in [-0.39, 0.29) is 0 Å². The number of rotatable bonds is 3. The van der Waals surface area contributed by atoms with Gasteiger partial charge in [-0.05, 0) is 31.7 Å². The highest BCUT2D eigenvalue weighted by atomic mass is 16.5. The molecule has 1 aromatic rings. The normalized spacial score (nSPS) is 20.4. The second-order valence-corrected chi connectivity index (χ2v) is 4.96. The molecule has 2 rings (SSSR count). The molecular formula is C14H20N2O3. The summed E-state index contributed by atoms with van der Waals surface area (Å²) < 4.78 is 5.37. The Balaban J connectivity index is 2.27. The van der Waals surface area contributed by atoms with Crippen molar-refractivity contribution < 1.29 is 14.6 Å². The third kappa shape index (κ3) is 2.81. The second kappa shape index (κ2) is 5.48. The van der Waals surface area contributed by atoms with Crippen molar-refractivity contribution in [3.05, 3.63) is 23.8 Å². The van der Waals surface area contributed by atoms with Crippen LogP contribution in [0.3, 0.4) is 0 Å². The van der Waals surface area contributed by atoms with Crippen molar-refractivity contribution in [3.8, 4) is 5.75 Å². The number of likely N-dealkylation sites (N-methyl/N-ethyl adjacent to an activating group) is 1. The smallest absolute Gasteiger partial charge is 0.322 e. The Labute approximate surface area is 113 Å². The molecule has 0 aliphatic carbocycles. The maximum Gasteiger partial charge on any atom is 0.322 e. The molecule has 5 heteroatoms. The van der Waals surface area contributed by atoms with Gasteiger partial charge in [-0.3, -0.25) is 9.69 Å². The van der Waals surface area contributed by atoms with Crippen LogP contribution in [0.4, 0.5) is 5.69 Å². The van der Waals surface area contributed by atoms with E-state index in [1.54, 1.807) is 7.11 Å². The van der Waals surface area contributed by atoms with Gasteiger partial charge in [-0.15, -0.1) is 0 Å². The van der Waals surface area contributed by atoms with E-state index >= 15 is 0 Å². The molecule has 0 saturated carbocycles. The summed E-state index contributed by atoms with van der Waals surface area (Å²) in [6, 6.07) is 5.49. The lowest BCUT2D eigenvalue weighted by Crippen LogP contribution is -2.55. The van der Waals surface area contributed by atoms with E-state index in [4.69, 9.17) is 4.74 Å². The molecule has 104 valence electrons. The number of aryl methyl sites for hydroxylation is 1. The fourth-order valence-electron chi connectivity index (χ4n) is 2.41. The molecule has 0 bridgehead atoms. The van der Waals surface area contributed by atoms with Gasteiger partial charge >= 0.3 is 5.97 Å². The zero-order chi connectivity index (χ0) is 14.0. The summed E-state index contributed by atoms with van der Waals surface area (Å²) in [6.45, 7) is 4.04. The summed E-state index contributed by atoms with van der Waals surface area (Å²) in [5, 5.41) is 9.25. The van der Waals surface area contributed by atoms with Crippen LogP contribution >= 0.6 is 0 Å². The Hall–Kier alpha value is -1.75. The molecule has 0 radical (unpaired) electrons. The number of carboxylic acids is 1. The molecule has 1 aromatic carbocycles. The molecule has 0 amide bonds. The van der Waals surface area contributed by atoms with E-state index in [2.05, 4.69) is 4.90 Å². The lowest BCUT2D eigenvalue weighted by atomic mass is 10.1. The fourth-order valence-corrected chi connectivity index (χ4v) is 2.41. The molecule has 1 fully saturated rings. The van der Waals surface area contributed by atoms with Crippen molar-refractivity contribution in [2.45, 2.75) is 13.0 Å². The number of piperazine rings is 1. The SMILES string of the molecule is COc1ccc(C)cc1N1CCN(C)C(C(=O)O)C1. The fraction of sp³-hybridized carbons (Fsp3) is 0.500. The first-order chi connectivity index (χ1) is 9.02. The number of aliphatic carboxylic acids is 1. The van der Waals surface area contributed by atoms with Crippen molar-refractivity contribution >= 4 is 11.7 Å². The summed E-state index contributed by atoms with van der Waals surface area (Å²) in [6.07, 6.45) is 0. The molecule has 0 spiro atoms. The number of carboxylic acid groups (broad SMARTS) is 1. The first kappa shape index (κ1) is 13.7. The van der Waals surface area contributed by atoms with Crippen LogP contribution in [-0.2, 0) is 4.79 Å². The average Bonchev–Trinajstić information content (AvgIpc) is 2.39.